The van der Waals surface area contributed by atoms with E-state index in [1.807, 2.05) is 17.8 Å². The summed E-state index contributed by atoms with van der Waals surface area (Å²) in [5, 5.41) is 0.819. The van der Waals surface area contributed by atoms with Crippen molar-refractivity contribution in [1.82, 2.24) is 4.57 Å². The van der Waals surface area contributed by atoms with Crippen LogP contribution in [-0.2, 0) is 18.3 Å². The predicted octanol–water partition coefficient (Wildman–Crippen LogP) is 4.47. The van der Waals surface area contributed by atoms with Gasteiger partial charge < -0.3 is 9.36 Å². The van der Waals surface area contributed by atoms with E-state index >= 15 is 0 Å². The third kappa shape index (κ3) is 4.64. The van der Waals surface area contributed by atoms with Gasteiger partial charge in [0.05, 0.1) is 0 Å². The monoisotopic (exact) mass is 297 g/mol. The summed E-state index contributed by atoms with van der Waals surface area (Å²) in [5.41, 5.74) is 1.82. The fraction of sp³-hybridized carbons (Fsp3) is 0.438. The number of aryl methyl sites for hydroxylation is 1. The first-order chi connectivity index (χ1) is 9.63. The van der Waals surface area contributed by atoms with Crippen molar-refractivity contribution in [2.45, 2.75) is 32.6 Å². The number of rotatable bonds is 5. The molecular weight excluding hydrogens is 277 g/mol. The normalized spacial score (nSPS) is 10.2. The summed E-state index contributed by atoms with van der Waals surface area (Å²) >= 11 is 5.38. The fourth-order valence-corrected chi connectivity index (χ4v) is 2.23. The molecule has 0 radical (unpaired) electrons. The maximum absolute atomic E-state index is 13.0. The van der Waals surface area contributed by atoms with Gasteiger partial charge in [-0.2, -0.15) is 0 Å². The molecule has 0 amide bonds. The summed E-state index contributed by atoms with van der Waals surface area (Å²) < 4.78 is 14.9. The number of aromatic nitrogens is 1. The second kappa shape index (κ2) is 8.75. The van der Waals surface area contributed by atoms with Crippen molar-refractivity contribution >= 4 is 28.8 Å². The van der Waals surface area contributed by atoms with Gasteiger partial charge >= 0.3 is 0 Å². The highest BCUT2D eigenvalue weighted by Crippen LogP contribution is 2.21. The van der Waals surface area contributed by atoms with Crippen LogP contribution in [-0.4, -0.2) is 16.7 Å². The number of hydrogen-bond acceptors (Lipinski definition) is 1. The Bertz CT molecular complexity index is 547. The quantitative estimate of drug-likeness (QED) is 0.453. The summed E-state index contributed by atoms with van der Waals surface area (Å²) in [7, 11) is 1.88. The van der Waals surface area contributed by atoms with Crippen molar-refractivity contribution in [2.75, 3.05) is 5.88 Å². The maximum atomic E-state index is 13.0. The highest BCUT2D eigenvalue weighted by atomic mass is 35.5. The molecule has 0 atom stereocenters. The van der Waals surface area contributed by atoms with Gasteiger partial charge in [-0.1, -0.05) is 19.8 Å². The molecule has 0 N–H and O–H groups in total. The summed E-state index contributed by atoms with van der Waals surface area (Å²) in [6.07, 6.45) is 6.76. The molecule has 0 unspecified atom stereocenters. The molecule has 2 aromatic rings. The highest BCUT2D eigenvalue weighted by molar-refractivity contribution is 6.17. The van der Waals surface area contributed by atoms with Gasteiger partial charge in [-0.15, -0.1) is 11.6 Å². The van der Waals surface area contributed by atoms with Crippen LogP contribution in [0.5, 0.6) is 0 Å². The molecule has 0 spiro atoms. The topological polar surface area (TPSA) is 22.0 Å². The number of carbonyl (C=O) groups is 1. The Morgan fingerprint density at radius 1 is 1.35 bits per heavy atom. The van der Waals surface area contributed by atoms with E-state index in [1.54, 1.807) is 6.07 Å². The average Bonchev–Trinajstić information content (AvgIpc) is 2.74. The Kier molecular flexibility index (Phi) is 7.31. The first-order valence-electron chi connectivity index (χ1n) is 6.87. The Morgan fingerprint density at radius 2 is 2.10 bits per heavy atom. The largest absolute Gasteiger partial charge is 0.350 e. The molecule has 2 nitrogen and oxygen atoms in total. The van der Waals surface area contributed by atoms with Crippen LogP contribution in [0.4, 0.5) is 4.39 Å². The molecule has 0 aliphatic carbocycles. The van der Waals surface area contributed by atoms with Gasteiger partial charge in [0.15, 0.2) is 0 Å². The third-order valence-corrected chi connectivity index (χ3v) is 3.34. The van der Waals surface area contributed by atoms with E-state index in [0.29, 0.717) is 6.42 Å². The van der Waals surface area contributed by atoms with Gasteiger partial charge in [0.25, 0.3) is 0 Å². The van der Waals surface area contributed by atoms with Crippen LogP contribution in [0.15, 0.2) is 24.4 Å². The Hall–Kier alpha value is -1.35. The minimum absolute atomic E-state index is 0.268. The van der Waals surface area contributed by atoms with Crippen molar-refractivity contribution in [3.63, 3.8) is 0 Å². The van der Waals surface area contributed by atoms with E-state index in [4.69, 9.17) is 11.6 Å². The number of benzene rings is 1. The van der Waals surface area contributed by atoms with E-state index in [1.165, 1.54) is 31.4 Å². The third-order valence-electron chi connectivity index (χ3n) is 3.07. The lowest BCUT2D eigenvalue weighted by atomic mass is 10.1. The van der Waals surface area contributed by atoms with E-state index in [2.05, 4.69) is 6.92 Å². The smallest absolute Gasteiger partial charge is 0.124 e. The van der Waals surface area contributed by atoms with Gasteiger partial charge in [0, 0.05) is 36.4 Å². The average molecular weight is 298 g/mol. The SMILES string of the molecule is CCCCCCl.Cn1cc(CC=O)c2cc(F)ccc21. The van der Waals surface area contributed by atoms with E-state index < -0.39 is 0 Å². The summed E-state index contributed by atoms with van der Waals surface area (Å²) in [5.74, 6) is 0.559. The van der Waals surface area contributed by atoms with Gasteiger partial charge in [-0.3, -0.25) is 0 Å². The molecule has 0 aliphatic heterocycles. The van der Waals surface area contributed by atoms with Gasteiger partial charge in [0.2, 0.25) is 0 Å². The Morgan fingerprint density at radius 3 is 2.65 bits per heavy atom. The zero-order valence-corrected chi connectivity index (χ0v) is 12.8. The van der Waals surface area contributed by atoms with Crippen molar-refractivity contribution in [3.05, 3.63) is 35.8 Å². The van der Waals surface area contributed by atoms with Crippen molar-refractivity contribution in [3.8, 4) is 0 Å². The first-order valence-corrected chi connectivity index (χ1v) is 7.40. The second-order valence-corrected chi connectivity index (χ2v) is 5.07. The number of hydrogen-bond donors (Lipinski definition) is 0. The number of alkyl halides is 1. The summed E-state index contributed by atoms with van der Waals surface area (Å²) in [6, 6.07) is 4.61. The van der Waals surface area contributed by atoms with Gasteiger partial charge in [0.1, 0.15) is 12.1 Å². The molecule has 0 bridgehead atoms. The van der Waals surface area contributed by atoms with Crippen molar-refractivity contribution in [2.24, 2.45) is 7.05 Å². The number of aldehydes is 1. The summed E-state index contributed by atoms with van der Waals surface area (Å²) in [4.78, 5) is 10.4. The van der Waals surface area contributed by atoms with Crippen LogP contribution in [0.25, 0.3) is 10.9 Å². The number of nitrogens with zero attached hydrogens (tertiary/aromatic N) is 1. The highest BCUT2D eigenvalue weighted by Gasteiger charge is 2.06. The molecule has 0 saturated heterocycles. The van der Waals surface area contributed by atoms with Gasteiger partial charge in [-0.25, -0.2) is 4.39 Å². The molecule has 0 fully saturated rings. The van der Waals surface area contributed by atoms with Crippen LogP contribution in [0.2, 0.25) is 0 Å². The lowest BCUT2D eigenvalue weighted by molar-refractivity contribution is -0.107. The van der Waals surface area contributed by atoms with Crippen LogP contribution < -0.4 is 0 Å². The van der Waals surface area contributed by atoms with E-state index in [0.717, 1.165) is 28.6 Å². The molecule has 110 valence electrons. The molecule has 1 aromatic carbocycles. The number of halogens is 2. The number of carbonyl (C=O) groups excluding carboxylic acids is 1. The molecule has 2 rings (SSSR count). The molecule has 1 aromatic heterocycles. The zero-order chi connectivity index (χ0) is 15.0. The van der Waals surface area contributed by atoms with E-state index in [-0.39, 0.29) is 5.82 Å². The van der Waals surface area contributed by atoms with Crippen LogP contribution >= 0.6 is 11.6 Å². The van der Waals surface area contributed by atoms with Crippen LogP contribution in [0.1, 0.15) is 31.7 Å². The molecule has 20 heavy (non-hydrogen) atoms. The standard InChI is InChI=1S/C11H10FNO.C5H11Cl/c1-13-7-8(4-5-14)10-6-9(12)2-3-11(10)13;1-2-3-4-5-6/h2-3,5-7H,4H2,1H3;2-5H2,1H3. The van der Waals surface area contributed by atoms with E-state index in [9.17, 15) is 9.18 Å². The second-order valence-electron chi connectivity index (χ2n) is 4.69. The first kappa shape index (κ1) is 16.7. The zero-order valence-electron chi connectivity index (χ0n) is 12.0. The minimum Gasteiger partial charge on any atom is -0.350 e. The molecule has 0 saturated carbocycles. The fourth-order valence-electron chi connectivity index (χ4n) is 2.04. The number of fused-ring (bicyclic) bond motifs is 1. The molecular formula is C16H21ClFNO. The Labute approximate surface area is 124 Å². The molecule has 0 aliphatic rings. The Balaban J connectivity index is 0.000000286. The van der Waals surface area contributed by atoms with Gasteiger partial charge in [-0.05, 0) is 30.2 Å². The minimum atomic E-state index is -0.268. The number of unbranched alkanes of at least 4 members (excludes halogenated alkanes) is 2. The van der Waals surface area contributed by atoms with Crippen molar-refractivity contribution in [1.29, 1.82) is 0 Å². The van der Waals surface area contributed by atoms with Crippen molar-refractivity contribution < 1.29 is 9.18 Å². The summed E-state index contributed by atoms with van der Waals surface area (Å²) in [6.45, 7) is 2.17. The maximum Gasteiger partial charge on any atom is 0.124 e. The lowest BCUT2D eigenvalue weighted by Gasteiger charge is -1.95. The molecule has 1 heterocycles. The van der Waals surface area contributed by atoms with Crippen LogP contribution in [0, 0.1) is 5.82 Å². The molecule has 4 heteroatoms. The lowest BCUT2D eigenvalue weighted by Crippen LogP contribution is -1.83. The van der Waals surface area contributed by atoms with Crippen LogP contribution in [0.3, 0.4) is 0 Å². The predicted molar refractivity (Wildman–Crippen MR) is 82.9 cm³/mol.